The lowest BCUT2D eigenvalue weighted by Crippen LogP contribution is -2.39. The zero-order valence-corrected chi connectivity index (χ0v) is 16.0. The van der Waals surface area contributed by atoms with Crippen LogP contribution in [-0.2, 0) is 0 Å². The molecular formula is C21H24N4O2. The Labute approximate surface area is 158 Å². The van der Waals surface area contributed by atoms with Gasteiger partial charge in [-0.1, -0.05) is 19.0 Å². The van der Waals surface area contributed by atoms with Gasteiger partial charge in [0.05, 0.1) is 11.2 Å². The third-order valence-electron chi connectivity index (χ3n) is 5.29. The zero-order chi connectivity index (χ0) is 19.0. The van der Waals surface area contributed by atoms with Crippen LogP contribution in [0, 0.1) is 6.92 Å². The molecule has 0 N–H and O–H groups in total. The van der Waals surface area contributed by atoms with Crippen molar-refractivity contribution in [3.8, 4) is 0 Å². The molecular weight excluding hydrogens is 340 g/mol. The maximum absolute atomic E-state index is 13.2. The molecule has 3 aromatic rings. The van der Waals surface area contributed by atoms with Gasteiger partial charge >= 0.3 is 0 Å². The molecule has 0 unspecified atom stereocenters. The van der Waals surface area contributed by atoms with Gasteiger partial charge in [0.2, 0.25) is 0 Å². The summed E-state index contributed by atoms with van der Waals surface area (Å²) in [6.07, 6.45) is 5.65. The molecule has 1 atom stereocenters. The molecule has 1 saturated heterocycles. The number of aryl methyl sites for hydroxylation is 1. The van der Waals surface area contributed by atoms with E-state index >= 15 is 0 Å². The van der Waals surface area contributed by atoms with E-state index in [0.717, 1.165) is 41.7 Å². The first-order valence-electron chi connectivity index (χ1n) is 9.50. The van der Waals surface area contributed by atoms with Gasteiger partial charge < -0.3 is 9.42 Å². The van der Waals surface area contributed by atoms with Crippen molar-refractivity contribution in [1.82, 2.24) is 20.0 Å². The average Bonchev–Trinajstić information content (AvgIpc) is 3.09. The first-order chi connectivity index (χ1) is 13.0. The molecule has 6 nitrogen and oxygen atoms in total. The van der Waals surface area contributed by atoms with Crippen molar-refractivity contribution in [3.05, 3.63) is 53.3 Å². The number of rotatable bonds is 3. The number of likely N-dealkylation sites (tertiary alicyclic amines) is 1. The van der Waals surface area contributed by atoms with E-state index in [2.05, 4.69) is 21.2 Å². The predicted octanol–water partition coefficient (Wildman–Crippen LogP) is 4.07. The quantitative estimate of drug-likeness (QED) is 0.700. The zero-order valence-electron chi connectivity index (χ0n) is 16.0. The van der Waals surface area contributed by atoms with E-state index in [0.29, 0.717) is 17.9 Å². The Morgan fingerprint density at radius 1 is 1.33 bits per heavy atom. The Bertz CT molecular complexity index is 979. The topological polar surface area (TPSA) is 72.1 Å². The van der Waals surface area contributed by atoms with Crippen LogP contribution in [0.3, 0.4) is 0 Å². The smallest absolute Gasteiger partial charge is 0.259 e. The highest BCUT2D eigenvalue weighted by Gasteiger charge is 2.31. The van der Waals surface area contributed by atoms with Crippen LogP contribution in [0.5, 0.6) is 0 Å². The van der Waals surface area contributed by atoms with Crippen molar-refractivity contribution in [2.45, 2.75) is 45.4 Å². The number of fused-ring (bicyclic) bond motifs is 1. The van der Waals surface area contributed by atoms with Gasteiger partial charge in [-0.3, -0.25) is 14.8 Å². The molecule has 1 aliphatic rings. The van der Waals surface area contributed by atoms with Gasteiger partial charge in [-0.2, -0.15) is 0 Å². The molecule has 27 heavy (non-hydrogen) atoms. The predicted molar refractivity (Wildman–Crippen MR) is 103 cm³/mol. The van der Waals surface area contributed by atoms with Crippen LogP contribution in [0.2, 0.25) is 0 Å². The van der Waals surface area contributed by atoms with E-state index in [1.807, 2.05) is 44.0 Å². The highest BCUT2D eigenvalue weighted by atomic mass is 16.5. The number of carbonyl (C=O) groups is 1. The molecule has 1 fully saturated rings. The minimum atomic E-state index is 0.0149. The number of aromatic nitrogens is 3. The molecule has 4 rings (SSSR count). The molecule has 0 radical (unpaired) electrons. The molecule has 0 aliphatic carbocycles. The SMILES string of the molecule is Cc1onc(C(C)C)c1C(=O)N1CCC[C@H](c2cc3ncccc3cn2)C1. The Morgan fingerprint density at radius 2 is 2.19 bits per heavy atom. The number of carbonyl (C=O) groups excluding carboxylic acids is 1. The second kappa shape index (κ2) is 7.10. The molecule has 3 aromatic heterocycles. The summed E-state index contributed by atoms with van der Waals surface area (Å²) in [6, 6.07) is 5.98. The van der Waals surface area contributed by atoms with Gasteiger partial charge in [-0.15, -0.1) is 0 Å². The third kappa shape index (κ3) is 3.31. The Hall–Kier alpha value is -2.76. The minimum absolute atomic E-state index is 0.0149. The first-order valence-corrected chi connectivity index (χ1v) is 9.50. The van der Waals surface area contributed by atoms with Gasteiger partial charge in [0, 0.05) is 42.5 Å². The summed E-state index contributed by atoms with van der Waals surface area (Å²) in [5, 5.41) is 5.13. The number of piperidine rings is 1. The molecule has 0 aromatic carbocycles. The van der Waals surface area contributed by atoms with Crippen molar-refractivity contribution < 1.29 is 9.32 Å². The van der Waals surface area contributed by atoms with Crippen molar-refractivity contribution in [1.29, 1.82) is 0 Å². The van der Waals surface area contributed by atoms with Crippen LogP contribution in [0.1, 0.15) is 66.0 Å². The van der Waals surface area contributed by atoms with E-state index in [4.69, 9.17) is 4.52 Å². The van der Waals surface area contributed by atoms with E-state index in [1.165, 1.54) is 0 Å². The second-order valence-corrected chi connectivity index (χ2v) is 7.55. The van der Waals surface area contributed by atoms with E-state index in [1.54, 1.807) is 6.20 Å². The Morgan fingerprint density at radius 3 is 3.00 bits per heavy atom. The Balaban J connectivity index is 1.59. The maximum atomic E-state index is 13.2. The summed E-state index contributed by atoms with van der Waals surface area (Å²) < 4.78 is 5.31. The van der Waals surface area contributed by atoms with Crippen molar-refractivity contribution in [3.63, 3.8) is 0 Å². The van der Waals surface area contributed by atoms with E-state index in [-0.39, 0.29) is 17.7 Å². The van der Waals surface area contributed by atoms with Crippen LogP contribution >= 0.6 is 0 Å². The van der Waals surface area contributed by atoms with Gasteiger partial charge in [-0.25, -0.2) is 0 Å². The molecule has 1 aliphatic heterocycles. The van der Waals surface area contributed by atoms with Crippen LogP contribution in [0.25, 0.3) is 10.9 Å². The molecule has 0 spiro atoms. The summed E-state index contributed by atoms with van der Waals surface area (Å²) in [5.41, 5.74) is 3.32. The largest absolute Gasteiger partial charge is 0.361 e. The number of amides is 1. The molecule has 1 amide bonds. The average molecular weight is 364 g/mol. The number of nitrogens with zero attached hydrogens (tertiary/aromatic N) is 4. The summed E-state index contributed by atoms with van der Waals surface area (Å²) in [6.45, 7) is 7.28. The third-order valence-corrected chi connectivity index (χ3v) is 5.29. The van der Waals surface area contributed by atoms with Gasteiger partial charge in [-0.05, 0) is 43.9 Å². The molecule has 140 valence electrons. The van der Waals surface area contributed by atoms with E-state index in [9.17, 15) is 4.79 Å². The Kier molecular flexibility index (Phi) is 4.64. The summed E-state index contributed by atoms with van der Waals surface area (Å²) >= 11 is 0. The fraction of sp³-hybridized carbons (Fsp3) is 0.429. The van der Waals surface area contributed by atoms with Crippen LogP contribution in [0.15, 0.2) is 35.1 Å². The highest BCUT2D eigenvalue weighted by Crippen LogP contribution is 2.30. The van der Waals surface area contributed by atoms with Crippen molar-refractivity contribution >= 4 is 16.8 Å². The molecule has 4 heterocycles. The standard InChI is InChI=1S/C21H24N4O2/c1-13(2)20-19(14(3)27-24-20)21(26)25-9-5-7-16(12-25)18-10-17-15(11-23-18)6-4-8-22-17/h4,6,8,10-11,13,16H,5,7,9,12H2,1-3H3/t16-/m0/s1. The minimum Gasteiger partial charge on any atom is -0.361 e. The number of hydrogen-bond donors (Lipinski definition) is 0. The van der Waals surface area contributed by atoms with Gasteiger partial charge in [0.1, 0.15) is 11.3 Å². The molecule has 0 saturated carbocycles. The van der Waals surface area contributed by atoms with Crippen LogP contribution < -0.4 is 0 Å². The van der Waals surface area contributed by atoms with Gasteiger partial charge in [0.15, 0.2) is 0 Å². The fourth-order valence-electron chi connectivity index (χ4n) is 3.81. The van der Waals surface area contributed by atoms with E-state index < -0.39 is 0 Å². The highest BCUT2D eigenvalue weighted by molar-refractivity contribution is 5.96. The lowest BCUT2D eigenvalue weighted by Gasteiger charge is -2.32. The van der Waals surface area contributed by atoms with Crippen LogP contribution in [-0.4, -0.2) is 39.0 Å². The molecule has 6 heteroatoms. The van der Waals surface area contributed by atoms with Crippen molar-refractivity contribution in [2.75, 3.05) is 13.1 Å². The number of pyridine rings is 2. The lowest BCUT2D eigenvalue weighted by atomic mass is 9.93. The van der Waals surface area contributed by atoms with Crippen molar-refractivity contribution in [2.24, 2.45) is 0 Å². The monoisotopic (exact) mass is 364 g/mol. The van der Waals surface area contributed by atoms with Gasteiger partial charge in [0.25, 0.3) is 5.91 Å². The summed E-state index contributed by atoms with van der Waals surface area (Å²) in [5.74, 6) is 0.979. The number of hydrogen-bond acceptors (Lipinski definition) is 5. The first kappa shape index (κ1) is 17.6. The lowest BCUT2D eigenvalue weighted by molar-refractivity contribution is 0.0703. The molecule has 0 bridgehead atoms. The second-order valence-electron chi connectivity index (χ2n) is 7.55. The maximum Gasteiger partial charge on any atom is 0.259 e. The van der Waals surface area contributed by atoms with Crippen LogP contribution in [0.4, 0.5) is 0 Å². The summed E-state index contributed by atoms with van der Waals surface area (Å²) in [4.78, 5) is 24.2. The fourth-order valence-corrected chi connectivity index (χ4v) is 3.81. The normalized spacial score (nSPS) is 17.6. The summed E-state index contributed by atoms with van der Waals surface area (Å²) in [7, 11) is 0.